The van der Waals surface area contributed by atoms with Crippen LogP contribution in [0.5, 0.6) is 17.2 Å². The molecule has 2 aromatic rings. The monoisotopic (exact) mass is 341 g/mol. The van der Waals surface area contributed by atoms with Crippen LogP contribution in [0.25, 0.3) is 0 Å². The smallest absolute Gasteiger partial charge is 0.257 e. The molecule has 5 heteroatoms. The highest BCUT2D eigenvalue weighted by atomic mass is 16.5. The Morgan fingerprint density at radius 3 is 2.32 bits per heavy atom. The number of carbonyl (C=O) groups excluding carboxylic acids is 1. The first-order chi connectivity index (χ1) is 12.1. The molecule has 0 saturated carbocycles. The summed E-state index contributed by atoms with van der Waals surface area (Å²) in [5, 5.41) is 9.41. The lowest BCUT2D eigenvalue weighted by molar-refractivity contribution is 0.0709. The topological polar surface area (TPSA) is 59.0 Å². The van der Waals surface area contributed by atoms with Gasteiger partial charge in [-0.05, 0) is 48.6 Å². The van der Waals surface area contributed by atoms with Gasteiger partial charge in [0, 0.05) is 13.1 Å². The van der Waals surface area contributed by atoms with E-state index in [-0.39, 0.29) is 11.7 Å². The maximum absolute atomic E-state index is 12.9. The van der Waals surface area contributed by atoms with Crippen LogP contribution < -0.4 is 9.47 Å². The van der Waals surface area contributed by atoms with Crippen LogP contribution in [0, 0.1) is 0 Å². The second kappa shape index (κ2) is 7.47. The summed E-state index contributed by atoms with van der Waals surface area (Å²) >= 11 is 0. The van der Waals surface area contributed by atoms with Crippen molar-refractivity contribution in [3.05, 3.63) is 53.6 Å². The van der Waals surface area contributed by atoms with Gasteiger partial charge in [0.2, 0.25) is 0 Å². The molecule has 132 valence electrons. The largest absolute Gasteiger partial charge is 0.508 e. The first-order valence-electron chi connectivity index (χ1n) is 8.43. The average molecular weight is 341 g/mol. The highest BCUT2D eigenvalue weighted by molar-refractivity contribution is 5.97. The molecule has 0 radical (unpaired) electrons. The van der Waals surface area contributed by atoms with Crippen molar-refractivity contribution in [3.8, 4) is 17.2 Å². The van der Waals surface area contributed by atoms with Gasteiger partial charge in [0.05, 0.1) is 19.8 Å². The first-order valence-corrected chi connectivity index (χ1v) is 8.43. The van der Waals surface area contributed by atoms with Crippen LogP contribution in [-0.2, 0) is 0 Å². The SMILES string of the molecule is COc1cccc(C(=O)N2CCC(c3ccc(O)cc3)CC2)c1OC. The summed E-state index contributed by atoms with van der Waals surface area (Å²) < 4.78 is 10.7. The number of nitrogens with zero attached hydrogens (tertiary/aromatic N) is 1. The van der Waals surface area contributed by atoms with Gasteiger partial charge in [-0.25, -0.2) is 0 Å². The standard InChI is InChI=1S/C20H23NO4/c1-24-18-5-3-4-17(19(18)25-2)20(23)21-12-10-15(11-13-21)14-6-8-16(22)9-7-14/h3-9,15,22H,10-13H2,1-2H3. The zero-order chi connectivity index (χ0) is 17.8. The lowest BCUT2D eigenvalue weighted by atomic mass is 9.89. The quantitative estimate of drug-likeness (QED) is 0.926. The highest BCUT2D eigenvalue weighted by Crippen LogP contribution is 2.34. The van der Waals surface area contributed by atoms with Gasteiger partial charge in [-0.2, -0.15) is 0 Å². The Balaban J connectivity index is 1.71. The van der Waals surface area contributed by atoms with Gasteiger partial charge in [-0.15, -0.1) is 0 Å². The van der Waals surface area contributed by atoms with E-state index < -0.39 is 0 Å². The molecule has 0 bridgehead atoms. The van der Waals surface area contributed by atoms with Gasteiger partial charge >= 0.3 is 0 Å². The number of rotatable bonds is 4. The third kappa shape index (κ3) is 3.55. The predicted molar refractivity (Wildman–Crippen MR) is 95.5 cm³/mol. The fourth-order valence-electron chi connectivity index (χ4n) is 3.39. The number of benzene rings is 2. The van der Waals surface area contributed by atoms with E-state index in [4.69, 9.17) is 9.47 Å². The molecule has 1 aliphatic heterocycles. The molecule has 1 aliphatic rings. The Morgan fingerprint density at radius 1 is 1.04 bits per heavy atom. The van der Waals surface area contributed by atoms with Crippen molar-refractivity contribution >= 4 is 5.91 Å². The molecule has 0 aromatic heterocycles. The fourth-order valence-corrected chi connectivity index (χ4v) is 3.39. The van der Waals surface area contributed by atoms with E-state index in [9.17, 15) is 9.90 Å². The maximum atomic E-state index is 12.9. The van der Waals surface area contributed by atoms with Gasteiger partial charge in [0.25, 0.3) is 5.91 Å². The van der Waals surface area contributed by atoms with Crippen LogP contribution in [0.4, 0.5) is 0 Å². The van der Waals surface area contributed by atoms with Crippen LogP contribution in [0.1, 0.15) is 34.7 Å². The van der Waals surface area contributed by atoms with E-state index in [0.717, 1.165) is 12.8 Å². The van der Waals surface area contributed by atoms with Crippen molar-refractivity contribution in [1.82, 2.24) is 4.90 Å². The number of para-hydroxylation sites is 1. The van der Waals surface area contributed by atoms with Gasteiger partial charge in [-0.3, -0.25) is 4.79 Å². The Morgan fingerprint density at radius 2 is 1.72 bits per heavy atom. The Kier molecular flexibility index (Phi) is 5.12. The van der Waals surface area contributed by atoms with Crippen molar-refractivity contribution in [2.45, 2.75) is 18.8 Å². The molecule has 0 spiro atoms. The molecule has 1 amide bonds. The third-order valence-corrected chi connectivity index (χ3v) is 4.78. The molecule has 1 fully saturated rings. The van der Waals surface area contributed by atoms with E-state index in [2.05, 4.69) is 0 Å². The molecule has 1 saturated heterocycles. The van der Waals surface area contributed by atoms with Crippen molar-refractivity contribution in [2.24, 2.45) is 0 Å². The first kappa shape index (κ1) is 17.1. The van der Waals surface area contributed by atoms with Crippen LogP contribution in [0.2, 0.25) is 0 Å². The molecule has 0 atom stereocenters. The number of methoxy groups -OCH3 is 2. The van der Waals surface area contributed by atoms with Gasteiger partial charge in [-0.1, -0.05) is 18.2 Å². The molecule has 1 N–H and O–H groups in total. The minimum Gasteiger partial charge on any atom is -0.508 e. The van der Waals surface area contributed by atoms with E-state index in [0.29, 0.717) is 36.1 Å². The van der Waals surface area contributed by atoms with Gasteiger partial charge in [0.1, 0.15) is 5.75 Å². The van der Waals surface area contributed by atoms with E-state index >= 15 is 0 Å². The number of amides is 1. The molecule has 5 nitrogen and oxygen atoms in total. The molecule has 2 aromatic carbocycles. The van der Waals surface area contributed by atoms with Crippen LogP contribution >= 0.6 is 0 Å². The van der Waals surface area contributed by atoms with Gasteiger partial charge < -0.3 is 19.5 Å². The predicted octanol–water partition coefficient (Wildman–Crippen LogP) is 3.43. The van der Waals surface area contributed by atoms with Crippen molar-refractivity contribution in [3.63, 3.8) is 0 Å². The van der Waals surface area contributed by atoms with Crippen molar-refractivity contribution in [1.29, 1.82) is 0 Å². The van der Waals surface area contributed by atoms with Crippen LogP contribution in [-0.4, -0.2) is 43.2 Å². The number of phenols is 1. The molecule has 0 aliphatic carbocycles. The molecule has 3 rings (SSSR count). The molecule has 25 heavy (non-hydrogen) atoms. The zero-order valence-corrected chi connectivity index (χ0v) is 14.6. The fraction of sp³-hybridized carbons (Fsp3) is 0.350. The maximum Gasteiger partial charge on any atom is 0.257 e. The second-order valence-corrected chi connectivity index (χ2v) is 6.20. The molecule has 0 unspecified atom stereocenters. The summed E-state index contributed by atoms with van der Waals surface area (Å²) in [6.45, 7) is 1.40. The average Bonchev–Trinajstić information content (AvgIpc) is 2.67. The number of aromatic hydroxyl groups is 1. The number of piperidine rings is 1. The summed E-state index contributed by atoms with van der Waals surface area (Å²) in [6, 6.07) is 12.7. The number of hydrogen-bond acceptors (Lipinski definition) is 4. The molecular weight excluding hydrogens is 318 g/mol. The number of likely N-dealkylation sites (tertiary alicyclic amines) is 1. The summed E-state index contributed by atoms with van der Waals surface area (Å²) in [4.78, 5) is 14.8. The summed E-state index contributed by atoms with van der Waals surface area (Å²) in [5.41, 5.74) is 1.74. The van der Waals surface area contributed by atoms with Crippen molar-refractivity contribution in [2.75, 3.05) is 27.3 Å². The minimum atomic E-state index is -0.0279. The van der Waals surface area contributed by atoms with Crippen molar-refractivity contribution < 1.29 is 19.4 Å². The van der Waals surface area contributed by atoms with Gasteiger partial charge in [0.15, 0.2) is 11.5 Å². The number of ether oxygens (including phenoxy) is 2. The summed E-state index contributed by atoms with van der Waals surface area (Å²) in [6.07, 6.45) is 1.81. The molecular formula is C20H23NO4. The third-order valence-electron chi connectivity index (χ3n) is 4.78. The Bertz CT molecular complexity index is 734. The van der Waals surface area contributed by atoms with Crippen LogP contribution in [0.3, 0.4) is 0 Å². The number of carbonyl (C=O) groups is 1. The summed E-state index contributed by atoms with van der Waals surface area (Å²) in [5.74, 6) is 1.71. The van der Waals surface area contributed by atoms with Crippen LogP contribution in [0.15, 0.2) is 42.5 Å². The lowest BCUT2D eigenvalue weighted by Crippen LogP contribution is -2.38. The lowest BCUT2D eigenvalue weighted by Gasteiger charge is -2.32. The Labute approximate surface area is 147 Å². The minimum absolute atomic E-state index is 0.0279. The van der Waals surface area contributed by atoms with E-state index in [1.165, 1.54) is 5.56 Å². The second-order valence-electron chi connectivity index (χ2n) is 6.20. The number of phenolic OH excluding ortho intramolecular Hbond substituents is 1. The summed E-state index contributed by atoms with van der Waals surface area (Å²) in [7, 11) is 3.11. The van der Waals surface area contributed by atoms with E-state index in [1.807, 2.05) is 17.0 Å². The van der Waals surface area contributed by atoms with E-state index in [1.54, 1.807) is 44.6 Å². The Hall–Kier alpha value is -2.69. The number of hydrogen-bond donors (Lipinski definition) is 1. The molecule has 1 heterocycles. The normalized spacial score (nSPS) is 15.0. The zero-order valence-electron chi connectivity index (χ0n) is 14.6. The highest BCUT2D eigenvalue weighted by Gasteiger charge is 2.27.